The van der Waals surface area contributed by atoms with E-state index in [0.717, 1.165) is 6.42 Å². The molecule has 0 saturated carbocycles. The van der Waals surface area contributed by atoms with E-state index in [-0.39, 0.29) is 17.9 Å². The van der Waals surface area contributed by atoms with Gasteiger partial charge in [0.05, 0.1) is 0 Å². The van der Waals surface area contributed by atoms with E-state index in [2.05, 4.69) is 64.5 Å². The molecule has 0 aliphatic heterocycles. The van der Waals surface area contributed by atoms with Gasteiger partial charge in [0.2, 0.25) is 5.91 Å². The number of nitrogens with one attached hydrogen (secondary N) is 3. The van der Waals surface area contributed by atoms with Crippen LogP contribution in [0.5, 0.6) is 0 Å². The van der Waals surface area contributed by atoms with E-state index in [1.54, 1.807) is 0 Å². The highest BCUT2D eigenvalue weighted by molar-refractivity contribution is 5.85. The summed E-state index contributed by atoms with van der Waals surface area (Å²) >= 11 is 0. The quantitative estimate of drug-likeness (QED) is 0.285. The van der Waals surface area contributed by atoms with Gasteiger partial charge in [0.15, 0.2) is 0 Å². The van der Waals surface area contributed by atoms with Crippen molar-refractivity contribution >= 4 is 18.1 Å². The first kappa shape index (κ1) is 28.0. The Morgan fingerprint density at radius 3 is 2.11 bits per heavy atom. The lowest BCUT2D eigenvalue weighted by Crippen LogP contribution is -2.48. The summed E-state index contributed by atoms with van der Waals surface area (Å²) in [5.41, 5.74) is 4.56. The summed E-state index contributed by atoms with van der Waals surface area (Å²) in [5.74, 6) is -0.0717. The lowest BCUT2D eigenvalue weighted by atomic mass is 9.88. The summed E-state index contributed by atoms with van der Waals surface area (Å²) in [5, 5.41) is 16.8. The Bertz CT molecular complexity index is 1050. The number of carbonyl (C=O) groups excluding carboxylic acids is 2. The third-order valence-electron chi connectivity index (χ3n) is 6.60. The minimum Gasteiger partial charge on any atom is -0.465 e. The molecule has 0 heterocycles. The average Bonchev–Trinajstić information content (AvgIpc) is 3.14. The number of benzene rings is 2. The molecule has 8 heteroatoms. The Kier molecular flexibility index (Phi) is 9.55. The largest absolute Gasteiger partial charge is 0.465 e. The monoisotopic (exact) mass is 509 g/mol. The van der Waals surface area contributed by atoms with Gasteiger partial charge in [0.25, 0.3) is 0 Å². The zero-order chi connectivity index (χ0) is 27.0. The van der Waals surface area contributed by atoms with Crippen LogP contribution in [0.25, 0.3) is 11.1 Å². The maximum Gasteiger partial charge on any atom is 0.407 e. The Morgan fingerprint density at radius 2 is 1.54 bits per heavy atom. The molecule has 8 nitrogen and oxygen atoms in total. The van der Waals surface area contributed by atoms with Gasteiger partial charge in [-0.25, -0.2) is 9.59 Å². The molecule has 1 atom stereocenters. The molecule has 200 valence electrons. The molecular weight excluding hydrogens is 470 g/mol. The second-order valence-corrected chi connectivity index (χ2v) is 10.5. The summed E-state index contributed by atoms with van der Waals surface area (Å²) in [7, 11) is 0. The minimum atomic E-state index is -1.24. The number of amides is 3. The number of hydrogen-bond acceptors (Lipinski definition) is 4. The van der Waals surface area contributed by atoms with E-state index in [1.165, 1.54) is 22.3 Å². The van der Waals surface area contributed by atoms with Gasteiger partial charge >= 0.3 is 12.2 Å². The predicted octanol–water partition coefficient (Wildman–Crippen LogP) is 5.42. The van der Waals surface area contributed by atoms with E-state index in [1.807, 2.05) is 27.7 Å². The maximum atomic E-state index is 12.4. The predicted molar refractivity (Wildman–Crippen MR) is 144 cm³/mol. The molecule has 0 fully saturated rings. The third-order valence-corrected chi connectivity index (χ3v) is 6.60. The van der Waals surface area contributed by atoms with Crippen molar-refractivity contribution in [3.63, 3.8) is 0 Å². The average molecular weight is 510 g/mol. The smallest absolute Gasteiger partial charge is 0.407 e. The Labute approximate surface area is 219 Å². The van der Waals surface area contributed by atoms with Crippen LogP contribution in [0.15, 0.2) is 48.5 Å². The van der Waals surface area contributed by atoms with Crippen LogP contribution in [0, 0.1) is 0 Å². The van der Waals surface area contributed by atoms with Gasteiger partial charge in [-0.3, -0.25) is 4.79 Å². The fourth-order valence-electron chi connectivity index (χ4n) is 4.87. The van der Waals surface area contributed by atoms with Gasteiger partial charge in [-0.2, -0.15) is 0 Å². The number of hydrogen-bond donors (Lipinski definition) is 4. The van der Waals surface area contributed by atoms with Crippen molar-refractivity contribution in [1.82, 2.24) is 16.0 Å². The van der Waals surface area contributed by atoms with Crippen molar-refractivity contribution in [2.24, 2.45) is 0 Å². The second kappa shape index (κ2) is 12.6. The summed E-state index contributed by atoms with van der Waals surface area (Å²) in [6, 6.07) is 16.1. The lowest BCUT2D eigenvalue weighted by molar-refractivity contribution is -0.123. The molecule has 0 bridgehead atoms. The molecule has 0 aromatic heterocycles. The SMILES string of the molecule is CC(C)NC(=O)[C@H](CCCCNC(=O)OC(C)(C)CCC1c2ccccc2-c2ccccc21)NC(=O)O. The molecule has 1 aliphatic carbocycles. The molecule has 2 aromatic rings. The number of ether oxygens (including phenoxy) is 1. The molecule has 4 N–H and O–H groups in total. The third kappa shape index (κ3) is 7.97. The van der Waals surface area contributed by atoms with E-state index >= 15 is 0 Å². The first-order chi connectivity index (χ1) is 17.6. The number of fused-ring (bicyclic) bond motifs is 3. The Balaban J connectivity index is 1.43. The van der Waals surface area contributed by atoms with Crippen LogP contribution in [0.1, 0.15) is 76.8 Å². The number of alkyl carbamates (subject to hydrolysis) is 1. The summed E-state index contributed by atoms with van der Waals surface area (Å²) in [6.07, 6.45) is 1.37. The Hall–Kier alpha value is -3.55. The van der Waals surface area contributed by atoms with Crippen LogP contribution >= 0.6 is 0 Å². The number of carboxylic acid groups (broad SMARTS) is 1. The normalized spacial score (nSPS) is 13.4. The van der Waals surface area contributed by atoms with E-state index in [4.69, 9.17) is 9.84 Å². The molecule has 0 saturated heterocycles. The fourth-order valence-corrected chi connectivity index (χ4v) is 4.87. The van der Waals surface area contributed by atoms with Crippen LogP contribution in [-0.2, 0) is 9.53 Å². The molecule has 1 aliphatic rings. The highest BCUT2D eigenvalue weighted by atomic mass is 16.6. The Morgan fingerprint density at radius 1 is 0.946 bits per heavy atom. The molecular formula is C29H39N3O5. The standard InChI is InChI=1S/C29H39N3O5/c1-19(2)31-26(33)25(32-27(34)35)15-9-10-18-30-28(36)37-29(3,4)17-16-24-22-13-7-5-11-20(22)21-12-6-8-14-23(21)24/h5-8,11-14,19,24-25,32H,9-10,15-18H2,1-4H3,(H,30,36)(H,31,33)(H,34,35)/t25-/m0/s1. The topological polar surface area (TPSA) is 117 Å². The van der Waals surface area contributed by atoms with Crippen molar-refractivity contribution in [2.45, 2.75) is 83.4 Å². The van der Waals surface area contributed by atoms with Crippen molar-refractivity contribution in [2.75, 3.05) is 6.54 Å². The molecule has 3 amide bonds. The fraction of sp³-hybridized carbons (Fsp3) is 0.483. The van der Waals surface area contributed by atoms with Gasteiger partial charge in [-0.1, -0.05) is 48.5 Å². The van der Waals surface area contributed by atoms with Gasteiger partial charge in [0, 0.05) is 18.5 Å². The number of unbranched alkanes of at least 4 members (excludes halogenated alkanes) is 1. The first-order valence-electron chi connectivity index (χ1n) is 13.0. The minimum absolute atomic E-state index is 0.0801. The molecule has 37 heavy (non-hydrogen) atoms. The highest BCUT2D eigenvalue weighted by Crippen LogP contribution is 2.47. The molecule has 0 radical (unpaired) electrons. The van der Waals surface area contributed by atoms with Crippen LogP contribution in [0.3, 0.4) is 0 Å². The van der Waals surface area contributed by atoms with Crippen molar-refractivity contribution in [1.29, 1.82) is 0 Å². The van der Waals surface area contributed by atoms with Crippen molar-refractivity contribution in [3.05, 3.63) is 59.7 Å². The molecule has 3 rings (SSSR count). The molecule has 0 spiro atoms. The maximum absolute atomic E-state index is 12.4. The summed E-state index contributed by atoms with van der Waals surface area (Å²) in [4.78, 5) is 35.6. The zero-order valence-electron chi connectivity index (χ0n) is 22.2. The van der Waals surface area contributed by atoms with Crippen LogP contribution in [0.4, 0.5) is 9.59 Å². The van der Waals surface area contributed by atoms with Crippen LogP contribution < -0.4 is 16.0 Å². The number of rotatable bonds is 12. The van der Waals surface area contributed by atoms with Gasteiger partial charge < -0.3 is 25.8 Å². The van der Waals surface area contributed by atoms with E-state index in [9.17, 15) is 14.4 Å². The van der Waals surface area contributed by atoms with Crippen LogP contribution in [-0.4, -0.2) is 47.4 Å². The van der Waals surface area contributed by atoms with Gasteiger partial charge in [0.1, 0.15) is 11.6 Å². The second-order valence-electron chi connectivity index (χ2n) is 10.5. The van der Waals surface area contributed by atoms with E-state index in [0.29, 0.717) is 32.2 Å². The van der Waals surface area contributed by atoms with Crippen molar-refractivity contribution in [3.8, 4) is 11.1 Å². The first-order valence-corrected chi connectivity index (χ1v) is 13.0. The highest BCUT2D eigenvalue weighted by Gasteiger charge is 2.31. The zero-order valence-corrected chi connectivity index (χ0v) is 22.2. The van der Waals surface area contributed by atoms with Crippen LogP contribution in [0.2, 0.25) is 0 Å². The summed E-state index contributed by atoms with van der Waals surface area (Å²) < 4.78 is 5.73. The lowest BCUT2D eigenvalue weighted by Gasteiger charge is -2.27. The van der Waals surface area contributed by atoms with Crippen molar-refractivity contribution < 1.29 is 24.2 Å². The summed E-state index contributed by atoms with van der Waals surface area (Å²) in [6.45, 7) is 7.87. The van der Waals surface area contributed by atoms with Gasteiger partial charge in [-0.15, -0.1) is 0 Å². The molecule has 0 unspecified atom stereocenters. The number of carbonyl (C=O) groups is 3. The molecule has 2 aromatic carbocycles. The van der Waals surface area contributed by atoms with Gasteiger partial charge in [-0.05, 0) is 82.1 Å². The van der Waals surface area contributed by atoms with E-state index < -0.39 is 23.8 Å².